The van der Waals surface area contributed by atoms with Crippen LogP contribution in [0.5, 0.6) is 0 Å². The molecule has 0 aromatic carbocycles. The average Bonchev–Trinajstić information content (AvgIpc) is 1.61. The standard InChI is InChI=1S/C69H86N30O45P6/c1-20-5-94(69(113)92-55(20)108)30-4-21(139-145(114,115)127-8-24-36(101)37(102)59(134-24)95-15-80-31-48(71)76-13-78-50(31)95)23(132-30)7-126-146(116,117)141-44-25(135-60(39(44)104)93-3-2-29(70)85-68(93)112)9-129-148(120,121)143-47-28(138-64(42(47)107)99-19-84-35-54(99)88-67(75)91-58(35)111)12-131-149(122,123)142-45-26(136-61(40(45)105)96-16-81-32-49(72)77-14-79-51(32)96)10-130-150(124,125)144-46-27(137-63(41(46)106)98-18-83-34-53(98)87-66(74)90-57(34)110)11-128-147(118,119)140-43-22(6-100)133-62(38(43)103)97-17-82-33-52(97)86-65(73)89-56(33)109/h2-3,5,13-19,21-28,30,36-47,59-64,100-107H,4,6-12H2,1H3,(H,114,115)(H,116,117)(H,118,119)(H,120,121)(H,122,123)(H,124,125)(H2,70,85,112)(H2,71,76,78)(H2,72,77,79)(H,92,108,113)(H3,73,86,89,109)(H3,74,87,90,110)(H3,75,88,91,111)/t21-,22+,23+,24+,25+,26+,27+,28+,30+,36+,37+,38+,39+,40+,41+,42+,43+,44+,45+,46+,47+,59+,60+,61+,62+,63+,64+/m0/s1. The Morgan fingerprint density at radius 2 is 0.667 bits per heavy atom. The monoisotopic (exact) mass is 2240 g/mol. The molecule has 81 heteroatoms. The molecule has 12 aromatic rings. The number of aryl methyl sites for hydroxylation is 1. The molecule has 0 spiro atoms. The van der Waals surface area contributed by atoms with E-state index in [2.05, 4.69) is 79.7 Å². The van der Waals surface area contributed by atoms with Gasteiger partial charge in [0.25, 0.3) is 22.2 Å². The number of ether oxygens (including phenoxy) is 7. The number of anilines is 6. The summed E-state index contributed by atoms with van der Waals surface area (Å²) in [7, 11) is -35.4. The molecule has 7 aliphatic rings. The van der Waals surface area contributed by atoms with Gasteiger partial charge in [-0.15, -0.1) is 0 Å². The van der Waals surface area contributed by atoms with E-state index >= 15 is 0 Å². The van der Waals surface area contributed by atoms with E-state index in [9.17, 15) is 126 Å². The molecule has 19 heterocycles. The molecule has 0 bridgehead atoms. The first kappa shape index (κ1) is 107. The molecule has 6 unspecified atom stereocenters. The number of imidazole rings is 5. The molecule has 12 aromatic heterocycles. The fraction of sp³-hybridized carbons (Fsp3) is 0.522. The van der Waals surface area contributed by atoms with Crippen molar-refractivity contribution in [1.29, 1.82) is 0 Å². The second kappa shape index (κ2) is 41.2. The molecular formula is C69H86N30O45P6. The van der Waals surface area contributed by atoms with Crippen molar-refractivity contribution in [3.8, 4) is 0 Å². The number of H-pyrrole nitrogens is 4. The summed E-state index contributed by atoms with van der Waals surface area (Å²) in [5.41, 5.74) is 26.5. The molecule has 812 valence electrons. The number of phosphoric acid groups is 6. The van der Waals surface area contributed by atoms with Crippen molar-refractivity contribution in [2.45, 2.75) is 179 Å². The van der Waals surface area contributed by atoms with Gasteiger partial charge >= 0.3 is 58.3 Å². The van der Waals surface area contributed by atoms with Crippen molar-refractivity contribution in [2.24, 2.45) is 0 Å². The van der Waals surface area contributed by atoms with Crippen LogP contribution in [0.4, 0.5) is 35.3 Å². The van der Waals surface area contributed by atoms with Crippen LogP contribution < -0.4 is 68.0 Å². The van der Waals surface area contributed by atoms with Crippen LogP contribution in [0.3, 0.4) is 0 Å². The predicted molar refractivity (Wildman–Crippen MR) is 481 cm³/mol. The lowest BCUT2D eigenvalue weighted by atomic mass is 10.1. The Kier molecular flexibility index (Phi) is 29.4. The van der Waals surface area contributed by atoms with E-state index in [0.29, 0.717) is 4.57 Å². The zero-order chi connectivity index (χ0) is 107. The lowest BCUT2D eigenvalue weighted by Crippen LogP contribution is -2.39. The molecule has 0 aliphatic carbocycles. The van der Waals surface area contributed by atoms with Crippen molar-refractivity contribution >= 4 is 138 Å². The third-order valence-electron chi connectivity index (χ3n) is 24.3. The summed E-state index contributed by atoms with van der Waals surface area (Å²) in [5.74, 6) is -2.20. The minimum absolute atomic E-state index is 0.0456. The average molecular weight is 2240 g/mol. The number of nitrogens with one attached hydrogen (secondary N) is 4. The number of aromatic nitrogens is 24. The zero-order valence-electron chi connectivity index (χ0n) is 75.5. The first-order valence-electron chi connectivity index (χ1n) is 43.5. The number of fused-ring (bicyclic) bond motifs is 5. The molecular weight excluding hydrogens is 2150 g/mol. The second-order valence-electron chi connectivity index (χ2n) is 34.0. The van der Waals surface area contributed by atoms with Gasteiger partial charge in [-0.25, -0.2) is 81.8 Å². The number of nitrogens with zero attached hydrogens (tertiary/aromatic N) is 20. The minimum Gasteiger partial charge on any atom is -0.394 e. The highest BCUT2D eigenvalue weighted by Gasteiger charge is 2.59. The quantitative estimate of drug-likeness (QED) is 0.0160. The predicted octanol–water partition coefficient (Wildman–Crippen LogP) is -9.12. The number of nitrogens with two attached hydrogens (primary N) is 6. The number of aliphatic hydroxyl groups is 8. The smallest absolute Gasteiger partial charge is 0.394 e. The van der Waals surface area contributed by atoms with Gasteiger partial charge in [-0.1, -0.05) is 0 Å². The van der Waals surface area contributed by atoms with E-state index in [-0.39, 0.29) is 50.7 Å². The molecule has 150 heavy (non-hydrogen) atoms. The summed E-state index contributed by atoms with van der Waals surface area (Å²) in [6, 6.07) is 1.01. The van der Waals surface area contributed by atoms with Crippen molar-refractivity contribution < 1.29 is 185 Å². The molecule has 30 N–H and O–H groups in total. The number of rotatable bonds is 38. The molecule has 7 fully saturated rings. The van der Waals surface area contributed by atoms with Crippen LogP contribution in [0.25, 0.3) is 55.8 Å². The summed E-state index contributed by atoms with van der Waals surface area (Å²) < 4.78 is 199. The molecule has 19 rings (SSSR count). The molecule has 0 radical (unpaired) electrons. The fourth-order valence-corrected chi connectivity index (χ4v) is 23.1. The van der Waals surface area contributed by atoms with Gasteiger partial charge < -0.3 is 138 Å². The first-order valence-corrected chi connectivity index (χ1v) is 52.5. The topological polar surface area (TPSA) is 1080 Å². The van der Waals surface area contributed by atoms with E-state index in [1.165, 1.54) is 11.5 Å². The number of hydrogen-bond acceptors (Lipinski definition) is 58. The summed E-state index contributed by atoms with van der Waals surface area (Å²) in [6.07, 6.45) is -47.4. The molecule has 75 nitrogen and oxygen atoms in total. The Bertz CT molecular complexity index is 7870. The van der Waals surface area contributed by atoms with Gasteiger partial charge in [-0.3, -0.25) is 125 Å². The third kappa shape index (κ3) is 21.4. The van der Waals surface area contributed by atoms with E-state index in [1.807, 2.05) is 4.98 Å². The van der Waals surface area contributed by atoms with Crippen LogP contribution >= 0.6 is 46.9 Å². The summed E-state index contributed by atoms with van der Waals surface area (Å²) in [5, 5.41) is 92.7. The highest BCUT2D eigenvalue weighted by atomic mass is 31.2. The van der Waals surface area contributed by atoms with Gasteiger partial charge in [0.05, 0.1) is 77.9 Å². The van der Waals surface area contributed by atoms with Gasteiger partial charge in [0.2, 0.25) is 17.8 Å². The van der Waals surface area contributed by atoms with Crippen molar-refractivity contribution in [3.05, 3.63) is 131 Å². The third-order valence-corrected chi connectivity index (χ3v) is 30.2. The lowest BCUT2D eigenvalue weighted by molar-refractivity contribution is -0.0658. The van der Waals surface area contributed by atoms with Crippen molar-refractivity contribution in [2.75, 3.05) is 80.7 Å². The number of aliphatic hydroxyl groups excluding tert-OH is 8. The number of phosphoric ester groups is 6. The van der Waals surface area contributed by atoms with Crippen LogP contribution in [-0.2, 0) is 115 Å². The van der Waals surface area contributed by atoms with Crippen molar-refractivity contribution in [1.82, 2.24) is 117 Å². The Morgan fingerprint density at radius 1 is 0.353 bits per heavy atom. The number of aromatic amines is 4. The van der Waals surface area contributed by atoms with Gasteiger partial charge in [0, 0.05) is 24.4 Å². The highest BCUT2D eigenvalue weighted by molar-refractivity contribution is 7.48. The Labute approximate surface area is 827 Å². The van der Waals surface area contributed by atoms with Crippen LogP contribution in [0.1, 0.15) is 55.6 Å². The first-order chi connectivity index (χ1) is 70.9. The second-order valence-corrected chi connectivity index (χ2v) is 42.4. The zero-order valence-corrected chi connectivity index (χ0v) is 80.9. The molecule has 7 saturated heterocycles. The van der Waals surface area contributed by atoms with Crippen LogP contribution in [-0.4, -0.2) is 355 Å². The molecule has 7 aliphatic heterocycles. The van der Waals surface area contributed by atoms with Gasteiger partial charge in [-0.05, 0) is 13.0 Å². The largest absolute Gasteiger partial charge is 0.472 e. The maximum Gasteiger partial charge on any atom is 0.472 e. The summed E-state index contributed by atoms with van der Waals surface area (Å²) in [4.78, 5) is 208. The van der Waals surface area contributed by atoms with Crippen LogP contribution in [0, 0.1) is 6.92 Å². The van der Waals surface area contributed by atoms with E-state index < -0.39 is 345 Å². The highest BCUT2D eigenvalue weighted by Crippen LogP contribution is 2.58. The SMILES string of the molecule is Cc1cn([C@H]2C[C@H](OP(=O)(O)OC[C@H]3O[C@@H](n4cnc5c(N)ncnc54)[C@H](O)[C@@H]3O)[C@@H](COP(=O)(O)O[C@H]3[C@@H](O)[C@H](n4ccc(N)nc4=O)O[C@@H]3COP(=O)(O)O[C@H]3[C@@H](O)[C@H](n4cnc5c(=O)[nH]c(N)nc54)O[C@@H]3COP(=O)(O)O[C@H]3[C@@H](O)[C@H](n4cnc5c(N)ncnc54)O[C@@H]3COP(=O)(O)O[C@H]3[C@@H](O)[C@H](n4cnc5c(=O)[nH]c(N)nc54)O[C@@H]3COP(=O)(O)O[C@H]3[C@@H](O)[C@H](n4cnc5c(=O)[nH]c(N)nc54)O[C@@H]3CO)O2)c(=O)[nH]c1=O. The maximum atomic E-state index is 14.8. The number of nitrogen functional groups attached to an aromatic ring is 6. The molecule has 0 saturated carbocycles. The normalized spacial score (nSPS) is 31.7. The minimum atomic E-state index is -6.10. The Balaban J connectivity index is 0.555. The van der Waals surface area contributed by atoms with Gasteiger partial charge in [0.1, 0.15) is 158 Å². The van der Waals surface area contributed by atoms with Gasteiger partial charge in [0.15, 0.2) is 93.8 Å². The van der Waals surface area contributed by atoms with Crippen molar-refractivity contribution in [3.63, 3.8) is 0 Å². The maximum absolute atomic E-state index is 14.8. The van der Waals surface area contributed by atoms with E-state index in [4.69, 9.17) is 122 Å². The van der Waals surface area contributed by atoms with Crippen LogP contribution in [0.15, 0.2) is 91.5 Å². The Morgan fingerprint density at radius 3 is 1.03 bits per heavy atom. The fourth-order valence-electron chi connectivity index (χ4n) is 17.4. The molecule has 33 atom stereocenters. The molecule has 0 amide bonds. The summed E-state index contributed by atoms with van der Waals surface area (Å²) >= 11 is 0. The van der Waals surface area contributed by atoms with Crippen LogP contribution in [0.2, 0.25) is 0 Å². The summed E-state index contributed by atoms with van der Waals surface area (Å²) in [6.45, 7) is -7.83. The Hall–Kier alpha value is -11.4. The number of hydrogen-bond donors (Lipinski definition) is 24. The van der Waals surface area contributed by atoms with E-state index in [1.54, 1.807) is 0 Å². The van der Waals surface area contributed by atoms with E-state index in [0.717, 1.165) is 85.6 Å². The van der Waals surface area contributed by atoms with Gasteiger partial charge in [-0.2, -0.15) is 19.9 Å². The lowest BCUT2D eigenvalue weighted by Gasteiger charge is -2.27.